The van der Waals surface area contributed by atoms with Gasteiger partial charge in [-0.3, -0.25) is 27.1 Å². The molecule has 0 spiro atoms. The summed E-state index contributed by atoms with van der Waals surface area (Å²) in [6.07, 6.45) is -2.38. The average molecular weight is 528 g/mol. The lowest BCUT2D eigenvalue weighted by Gasteiger charge is -2.25. The van der Waals surface area contributed by atoms with Crippen molar-refractivity contribution in [1.82, 2.24) is 0 Å². The summed E-state index contributed by atoms with van der Waals surface area (Å²) in [5.74, 6) is 0.301. The van der Waals surface area contributed by atoms with E-state index in [2.05, 4.69) is 0 Å². The van der Waals surface area contributed by atoms with Crippen LogP contribution >= 0.6 is 62.0 Å². The predicted molar refractivity (Wildman–Crippen MR) is 112 cm³/mol. The molecule has 14 heteroatoms. The van der Waals surface area contributed by atoms with E-state index in [1.807, 2.05) is 0 Å². The Morgan fingerprint density at radius 3 is 0.964 bits per heavy atom. The highest BCUT2D eigenvalue weighted by Gasteiger charge is 2.34. The molecular weight excluding hydrogens is 500 g/mol. The van der Waals surface area contributed by atoms with Crippen molar-refractivity contribution in [3.8, 4) is 0 Å². The third-order valence-corrected chi connectivity index (χ3v) is 7.90. The molecule has 0 aromatic rings. The van der Waals surface area contributed by atoms with E-state index >= 15 is 0 Å². The number of phosphoric acid groups is 2. The number of rotatable bonds is 17. The molecule has 0 saturated heterocycles. The van der Waals surface area contributed by atoms with Gasteiger partial charge in [-0.15, -0.1) is 46.4 Å². The Kier molecular flexibility index (Phi) is 16.0. The summed E-state index contributed by atoms with van der Waals surface area (Å²) in [6, 6.07) is 0. The van der Waals surface area contributed by atoms with Gasteiger partial charge in [0.1, 0.15) is 0 Å². The molecular formula is C14H28Cl4O8P2. The second kappa shape index (κ2) is 15.2. The molecule has 0 N–H and O–H groups in total. The van der Waals surface area contributed by atoms with Crippen LogP contribution < -0.4 is 0 Å². The maximum atomic E-state index is 12.7. The van der Waals surface area contributed by atoms with Gasteiger partial charge in [0, 0.05) is 23.5 Å². The molecule has 0 aliphatic rings. The second-order valence-electron chi connectivity index (χ2n) is 5.84. The third kappa shape index (κ3) is 12.9. The second-order valence-corrected chi connectivity index (χ2v) is 10.2. The molecule has 8 nitrogen and oxygen atoms in total. The Labute approximate surface area is 186 Å². The van der Waals surface area contributed by atoms with Crippen LogP contribution in [0.1, 0.15) is 27.7 Å². The van der Waals surface area contributed by atoms with Crippen LogP contribution in [0.2, 0.25) is 0 Å². The van der Waals surface area contributed by atoms with E-state index in [0.29, 0.717) is 0 Å². The summed E-state index contributed by atoms with van der Waals surface area (Å²) in [5.41, 5.74) is 0. The minimum atomic E-state index is -3.98. The minimum absolute atomic E-state index is 0.0754. The molecule has 4 unspecified atom stereocenters. The normalized spacial score (nSPS) is 20.7. The molecule has 0 aromatic carbocycles. The van der Waals surface area contributed by atoms with Crippen molar-refractivity contribution in [2.45, 2.75) is 52.1 Å². The SMILES string of the molecule is CC(CCl)OP(=O)(OCCOP(=O)(OC(C)CCl)OC(C)CCl)OC(C)CCl. The molecule has 0 aliphatic heterocycles. The highest BCUT2D eigenvalue weighted by Crippen LogP contribution is 2.54. The van der Waals surface area contributed by atoms with Gasteiger partial charge in [-0.2, -0.15) is 0 Å². The minimum Gasteiger partial charge on any atom is -0.284 e. The Hall–Kier alpha value is 1.38. The molecule has 0 radical (unpaired) electrons. The quantitative estimate of drug-likeness (QED) is 0.133. The fourth-order valence-electron chi connectivity index (χ4n) is 1.46. The topological polar surface area (TPSA) is 89.5 Å². The van der Waals surface area contributed by atoms with Crippen molar-refractivity contribution in [2.24, 2.45) is 0 Å². The van der Waals surface area contributed by atoms with E-state index in [0.717, 1.165) is 0 Å². The van der Waals surface area contributed by atoms with Crippen LogP contribution in [0.3, 0.4) is 0 Å². The summed E-state index contributed by atoms with van der Waals surface area (Å²) in [7, 11) is -7.95. The van der Waals surface area contributed by atoms with Crippen LogP contribution in [0.15, 0.2) is 0 Å². The van der Waals surface area contributed by atoms with Crippen molar-refractivity contribution in [3.63, 3.8) is 0 Å². The Morgan fingerprint density at radius 2 is 0.786 bits per heavy atom. The molecule has 0 amide bonds. The molecule has 170 valence electrons. The molecule has 0 fully saturated rings. The van der Waals surface area contributed by atoms with Crippen LogP contribution in [0.4, 0.5) is 0 Å². The summed E-state index contributed by atoms with van der Waals surface area (Å²) < 4.78 is 56.9. The Morgan fingerprint density at radius 1 is 0.571 bits per heavy atom. The number of hydrogen-bond donors (Lipinski definition) is 0. The van der Waals surface area contributed by atoms with Crippen LogP contribution in [0.25, 0.3) is 0 Å². The van der Waals surface area contributed by atoms with Gasteiger partial charge in [0.25, 0.3) is 0 Å². The fourth-order valence-corrected chi connectivity index (χ4v) is 5.07. The molecule has 4 atom stereocenters. The van der Waals surface area contributed by atoms with E-state index in [9.17, 15) is 9.13 Å². The van der Waals surface area contributed by atoms with Crippen molar-refractivity contribution in [2.75, 3.05) is 36.7 Å². The zero-order valence-corrected chi connectivity index (χ0v) is 21.0. The van der Waals surface area contributed by atoms with E-state index in [1.165, 1.54) is 0 Å². The predicted octanol–water partition coefficient (Wildman–Crippen LogP) is 5.81. The maximum absolute atomic E-state index is 12.7. The molecule has 0 bridgehead atoms. The van der Waals surface area contributed by atoms with E-state index in [-0.39, 0.29) is 36.7 Å². The molecule has 0 aliphatic carbocycles. The molecule has 28 heavy (non-hydrogen) atoms. The first kappa shape index (κ1) is 29.4. The first-order valence-corrected chi connectivity index (χ1v) is 13.6. The number of halogens is 4. The van der Waals surface area contributed by atoms with Gasteiger partial charge in [0.2, 0.25) is 0 Å². The molecule has 0 heterocycles. The monoisotopic (exact) mass is 526 g/mol. The van der Waals surface area contributed by atoms with E-state index in [4.69, 9.17) is 73.5 Å². The number of phosphoric ester groups is 2. The Bertz CT molecular complexity index is 440. The lowest BCUT2D eigenvalue weighted by Crippen LogP contribution is -2.19. The number of alkyl halides is 4. The summed E-state index contributed by atoms with van der Waals surface area (Å²) in [6.45, 7) is 5.83. The average Bonchev–Trinajstić information content (AvgIpc) is 2.64. The van der Waals surface area contributed by atoms with Crippen molar-refractivity contribution < 1.29 is 36.3 Å². The molecule has 0 rings (SSSR count). The third-order valence-electron chi connectivity index (χ3n) is 2.69. The van der Waals surface area contributed by atoms with Gasteiger partial charge in [-0.1, -0.05) is 0 Å². The molecule has 0 aromatic heterocycles. The smallest absolute Gasteiger partial charge is 0.284 e. The van der Waals surface area contributed by atoms with Crippen molar-refractivity contribution >= 4 is 62.0 Å². The zero-order valence-electron chi connectivity index (χ0n) is 16.2. The number of hydrogen-bond acceptors (Lipinski definition) is 8. The van der Waals surface area contributed by atoms with Gasteiger partial charge in [-0.25, -0.2) is 9.13 Å². The fraction of sp³-hybridized carbons (Fsp3) is 1.00. The van der Waals surface area contributed by atoms with Gasteiger partial charge in [0.15, 0.2) is 0 Å². The maximum Gasteiger partial charge on any atom is 0.475 e. The van der Waals surface area contributed by atoms with Crippen molar-refractivity contribution in [3.05, 3.63) is 0 Å². The summed E-state index contributed by atoms with van der Waals surface area (Å²) in [4.78, 5) is 0. The highest BCUT2D eigenvalue weighted by atomic mass is 35.5. The lowest BCUT2D eigenvalue weighted by molar-refractivity contribution is 0.0442. The van der Waals surface area contributed by atoms with Crippen LogP contribution in [0.5, 0.6) is 0 Å². The first-order valence-electron chi connectivity index (χ1n) is 8.49. The lowest BCUT2D eigenvalue weighted by atomic mass is 10.5. The standard InChI is InChI=1S/C14H28Cl4O8P2/c1-11(7-15)23-27(19,24-12(2)8-16)21-5-6-22-28(20,25-13(3)9-17)26-14(4)10-18/h11-14H,5-10H2,1-4H3. The van der Waals surface area contributed by atoms with Crippen LogP contribution in [0, 0.1) is 0 Å². The first-order chi connectivity index (χ1) is 13.0. The molecule has 0 saturated carbocycles. The van der Waals surface area contributed by atoms with E-state index in [1.54, 1.807) is 27.7 Å². The zero-order chi connectivity index (χ0) is 21.8. The van der Waals surface area contributed by atoms with Crippen LogP contribution in [-0.4, -0.2) is 61.1 Å². The summed E-state index contributed by atoms with van der Waals surface area (Å²) in [5, 5.41) is 0. The Balaban J connectivity index is 4.88. The largest absolute Gasteiger partial charge is 0.475 e. The van der Waals surface area contributed by atoms with E-state index < -0.39 is 40.1 Å². The van der Waals surface area contributed by atoms with Gasteiger partial charge >= 0.3 is 15.6 Å². The van der Waals surface area contributed by atoms with Gasteiger partial charge < -0.3 is 0 Å². The van der Waals surface area contributed by atoms with Crippen LogP contribution in [-0.2, 0) is 36.3 Å². The van der Waals surface area contributed by atoms with Gasteiger partial charge in [0.05, 0.1) is 37.6 Å². The van der Waals surface area contributed by atoms with Crippen molar-refractivity contribution in [1.29, 1.82) is 0 Å². The highest BCUT2D eigenvalue weighted by molar-refractivity contribution is 7.48. The van der Waals surface area contributed by atoms with Gasteiger partial charge in [-0.05, 0) is 27.7 Å². The summed E-state index contributed by atoms with van der Waals surface area (Å²) >= 11 is 22.7.